The van der Waals surface area contributed by atoms with Crippen LogP contribution in [0.3, 0.4) is 0 Å². The molecule has 0 radical (unpaired) electrons. The van der Waals surface area contributed by atoms with E-state index >= 15 is 0 Å². The number of benzene rings is 3. The van der Waals surface area contributed by atoms with Crippen LogP contribution < -0.4 is 10.1 Å². The Labute approximate surface area is 156 Å². The maximum atomic E-state index is 12.4. The van der Waals surface area contributed by atoms with Crippen molar-refractivity contribution < 1.29 is 14.3 Å². The van der Waals surface area contributed by atoms with Gasteiger partial charge >= 0.3 is 0 Å². The van der Waals surface area contributed by atoms with Crippen LogP contribution in [0.2, 0.25) is 5.02 Å². The molecule has 0 saturated heterocycles. The second kappa shape index (κ2) is 7.58. The van der Waals surface area contributed by atoms with Gasteiger partial charge in [0.05, 0.1) is 0 Å². The third-order valence-electron chi connectivity index (χ3n) is 4.06. The molecule has 1 atom stereocenters. The molecule has 3 rings (SSSR count). The SMILES string of the molecule is CC(=O)c1ccc(NC(=O)C(C)Oc2ccc(Cl)c3ccccc23)cc1. The number of carbonyl (C=O) groups excluding carboxylic acids is 2. The van der Waals surface area contributed by atoms with Crippen LogP contribution >= 0.6 is 11.6 Å². The molecule has 1 N–H and O–H groups in total. The number of hydrogen-bond acceptors (Lipinski definition) is 3. The van der Waals surface area contributed by atoms with Gasteiger partial charge in [-0.3, -0.25) is 9.59 Å². The molecule has 0 fully saturated rings. The molecule has 26 heavy (non-hydrogen) atoms. The lowest BCUT2D eigenvalue weighted by Gasteiger charge is -2.16. The maximum Gasteiger partial charge on any atom is 0.265 e. The highest BCUT2D eigenvalue weighted by atomic mass is 35.5. The van der Waals surface area contributed by atoms with Crippen molar-refractivity contribution in [3.8, 4) is 5.75 Å². The Morgan fingerprint density at radius 1 is 0.962 bits per heavy atom. The highest BCUT2D eigenvalue weighted by Gasteiger charge is 2.17. The first-order valence-electron chi connectivity index (χ1n) is 8.21. The fourth-order valence-corrected chi connectivity index (χ4v) is 2.84. The van der Waals surface area contributed by atoms with Crippen LogP contribution in [0.25, 0.3) is 10.8 Å². The summed E-state index contributed by atoms with van der Waals surface area (Å²) in [4.78, 5) is 23.7. The molecule has 0 bridgehead atoms. The van der Waals surface area contributed by atoms with Gasteiger partial charge in [0.1, 0.15) is 5.75 Å². The van der Waals surface area contributed by atoms with Gasteiger partial charge in [0.15, 0.2) is 11.9 Å². The number of ether oxygens (including phenoxy) is 1. The molecule has 1 unspecified atom stereocenters. The number of fused-ring (bicyclic) bond motifs is 1. The van der Waals surface area contributed by atoms with Crippen molar-refractivity contribution in [2.24, 2.45) is 0 Å². The predicted molar refractivity (Wildman–Crippen MR) is 104 cm³/mol. The van der Waals surface area contributed by atoms with Crippen molar-refractivity contribution in [1.82, 2.24) is 0 Å². The second-order valence-corrected chi connectivity index (χ2v) is 6.38. The Hall–Kier alpha value is -2.85. The van der Waals surface area contributed by atoms with Gasteiger partial charge in [-0.2, -0.15) is 0 Å². The summed E-state index contributed by atoms with van der Waals surface area (Å²) in [6, 6.07) is 17.9. The quantitative estimate of drug-likeness (QED) is 0.638. The minimum atomic E-state index is -0.702. The highest BCUT2D eigenvalue weighted by molar-refractivity contribution is 6.35. The van der Waals surface area contributed by atoms with Crippen molar-refractivity contribution in [1.29, 1.82) is 0 Å². The number of amides is 1. The summed E-state index contributed by atoms with van der Waals surface area (Å²) in [6.45, 7) is 3.18. The van der Waals surface area contributed by atoms with Crippen molar-refractivity contribution in [2.45, 2.75) is 20.0 Å². The number of carbonyl (C=O) groups is 2. The van der Waals surface area contributed by atoms with Crippen LogP contribution in [0.1, 0.15) is 24.2 Å². The standard InChI is InChI=1S/C21H18ClNO3/c1-13(24)15-7-9-16(10-8-15)23-21(25)14(2)26-20-12-11-19(22)17-5-3-4-6-18(17)20/h3-12,14H,1-2H3,(H,23,25). The number of halogens is 1. The van der Waals surface area contributed by atoms with E-state index in [1.807, 2.05) is 24.3 Å². The van der Waals surface area contributed by atoms with Gasteiger partial charge in [-0.1, -0.05) is 35.9 Å². The van der Waals surface area contributed by atoms with E-state index < -0.39 is 6.10 Å². The average Bonchev–Trinajstić information content (AvgIpc) is 2.64. The van der Waals surface area contributed by atoms with Gasteiger partial charge in [0, 0.05) is 27.0 Å². The molecule has 5 heteroatoms. The van der Waals surface area contributed by atoms with Gasteiger partial charge in [0.25, 0.3) is 5.91 Å². The van der Waals surface area contributed by atoms with Crippen LogP contribution in [-0.2, 0) is 4.79 Å². The first-order valence-corrected chi connectivity index (χ1v) is 8.59. The Kier molecular flexibility index (Phi) is 5.24. The summed E-state index contributed by atoms with van der Waals surface area (Å²) in [5.74, 6) is 0.299. The molecule has 0 aliphatic heterocycles. The lowest BCUT2D eigenvalue weighted by atomic mass is 10.1. The van der Waals surface area contributed by atoms with E-state index in [1.54, 1.807) is 43.3 Å². The van der Waals surface area contributed by atoms with Crippen molar-refractivity contribution in [3.05, 3.63) is 71.2 Å². The van der Waals surface area contributed by atoms with E-state index in [4.69, 9.17) is 16.3 Å². The topological polar surface area (TPSA) is 55.4 Å². The summed E-state index contributed by atoms with van der Waals surface area (Å²) in [5, 5.41) is 5.15. The molecule has 0 saturated carbocycles. The molecule has 0 heterocycles. The monoisotopic (exact) mass is 367 g/mol. The fraction of sp³-hybridized carbons (Fsp3) is 0.143. The zero-order valence-electron chi connectivity index (χ0n) is 14.5. The minimum absolute atomic E-state index is 0.0193. The lowest BCUT2D eigenvalue weighted by Crippen LogP contribution is -2.30. The Balaban J connectivity index is 1.74. The van der Waals surface area contributed by atoms with Crippen LogP contribution in [0.15, 0.2) is 60.7 Å². The molecule has 1 amide bonds. The van der Waals surface area contributed by atoms with E-state index in [0.29, 0.717) is 22.0 Å². The molecule has 3 aromatic carbocycles. The van der Waals surface area contributed by atoms with Crippen molar-refractivity contribution in [3.63, 3.8) is 0 Å². The van der Waals surface area contributed by atoms with Gasteiger partial charge in [0.2, 0.25) is 0 Å². The van der Waals surface area contributed by atoms with E-state index in [0.717, 1.165) is 10.8 Å². The summed E-state index contributed by atoms with van der Waals surface area (Å²) in [6.07, 6.45) is -0.702. The third-order valence-corrected chi connectivity index (χ3v) is 4.39. The Bertz CT molecular complexity index is 967. The summed E-state index contributed by atoms with van der Waals surface area (Å²) < 4.78 is 5.85. The maximum absolute atomic E-state index is 12.4. The zero-order chi connectivity index (χ0) is 18.7. The number of ketones is 1. The zero-order valence-corrected chi connectivity index (χ0v) is 15.2. The van der Waals surface area contributed by atoms with Crippen LogP contribution in [0, 0.1) is 0 Å². The summed E-state index contributed by atoms with van der Waals surface area (Å²) in [5.41, 5.74) is 1.20. The molecule has 0 aliphatic carbocycles. The lowest BCUT2D eigenvalue weighted by molar-refractivity contribution is -0.122. The first-order chi connectivity index (χ1) is 12.5. The van der Waals surface area contributed by atoms with Crippen LogP contribution in [0.4, 0.5) is 5.69 Å². The average molecular weight is 368 g/mol. The van der Waals surface area contributed by atoms with Crippen molar-refractivity contribution >= 4 is 39.8 Å². The first kappa shape index (κ1) is 18.0. The smallest absolute Gasteiger partial charge is 0.265 e. The normalized spacial score (nSPS) is 11.8. The summed E-state index contributed by atoms with van der Waals surface area (Å²) in [7, 11) is 0. The van der Waals surface area contributed by atoms with E-state index in [-0.39, 0.29) is 11.7 Å². The van der Waals surface area contributed by atoms with Crippen LogP contribution in [0.5, 0.6) is 5.75 Å². The molecular formula is C21H18ClNO3. The Morgan fingerprint density at radius 2 is 1.62 bits per heavy atom. The largest absolute Gasteiger partial charge is 0.480 e. The molecule has 0 aromatic heterocycles. The molecule has 0 spiro atoms. The van der Waals surface area contributed by atoms with E-state index in [1.165, 1.54) is 6.92 Å². The number of rotatable bonds is 5. The van der Waals surface area contributed by atoms with Gasteiger partial charge in [-0.15, -0.1) is 0 Å². The highest BCUT2D eigenvalue weighted by Crippen LogP contribution is 2.31. The minimum Gasteiger partial charge on any atom is -0.480 e. The predicted octanol–water partition coefficient (Wildman–Crippen LogP) is 5.10. The van der Waals surface area contributed by atoms with Gasteiger partial charge in [-0.05, 0) is 50.2 Å². The molecule has 132 valence electrons. The number of nitrogens with one attached hydrogen (secondary N) is 1. The fourth-order valence-electron chi connectivity index (χ4n) is 2.61. The van der Waals surface area contributed by atoms with Crippen molar-refractivity contribution in [2.75, 3.05) is 5.32 Å². The number of Topliss-reactive ketones (excluding diaryl/α,β-unsaturated/α-hetero) is 1. The van der Waals surface area contributed by atoms with Gasteiger partial charge in [-0.25, -0.2) is 0 Å². The van der Waals surface area contributed by atoms with E-state index in [2.05, 4.69) is 5.32 Å². The molecular weight excluding hydrogens is 350 g/mol. The third kappa shape index (κ3) is 3.86. The van der Waals surface area contributed by atoms with E-state index in [9.17, 15) is 9.59 Å². The summed E-state index contributed by atoms with van der Waals surface area (Å²) >= 11 is 6.21. The molecule has 0 aliphatic rings. The number of hydrogen-bond donors (Lipinski definition) is 1. The Morgan fingerprint density at radius 3 is 2.27 bits per heavy atom. The molecule has 4 nitrogen and oxygen atoms in total. The molecule has 3 aromatic rings. The second-order valence-electron chi connectivity index (χ2n) is 5.97. The van der Waals surface area contributed by atoms with Crippen LogP contribution in [-0.4, -0.2) is 17.8 Å². The number of anilines is 1. The van der Waals surface area contributed by atoms with Gasteiger partial charge < -0.3 is 10.1 Å².